The molecular formula is C13H15BrFNO2. The maximum Gasteiger partial charge on any atom is 0.256 e. The van der Waals surface area contributed by atoms with Crippen LogP contribution in [0.25, 0.3) is 0 Å². The first-order valence-corrected chi connectivity index (χ1v) is 6.69. The number of carbonyl (C=O) groups excluding carboxylic acids is 1. The molecule has 0 aromatic heterocycles. The monoisotopic (exact) mass is 315 g/mol. The molecule has 1 amide bonds. The van der Waals surface area contributed by atoms with E-state index in [4.69, 9.17) is 4.74 Å². The molecular weight excluding hydrogens is 301 g/mol. The molecule has 0 spiro atoms. The standard InChI is InChI=1S/C13H15BrFNO2/c1-16(10-4-6-18-7-5-10)13(17)11-3-2-9(14)8-12(11)15/h2-3,8,10H,4-7H2,1H3. The minimum absolute atomic E-state index is 0.118. The third kappa shape index (κ3) is 2.90. The van der Waals surface area contributed by atoms with E-state index in [0.29, 0.717) is 17.7 Å². The SMILES string of the molecule is CN(C(=O)c1ccc(Br)cc1F)C1CCOCC1. The summed E-state index contributed by atoms with van der Waals surface area (Å²) >= 11 is 3.18. The lowest BCUT2D eigenvalue weighted by molar-refractivity contribution is 0.0359. The van der Waals surface area contributed by atoms with Gasteiger partial charge in [0.25, 0.3) is 5.91 Å². The summed E-state index contributed by atoms with van der Waals surface area (Å²) in [5.74, 6) is -0.764. The average molecular weight is 316 g/mol. The maximum atomic E-state index is 13.7. The largest absolute Gasteiger partial charge is 0.381 e. The summed E-state index contributed by atoms with van der Waals surface area (Å²) < 4.78 is 19.6. The molecule has 1 heterocycles. The third-order valence-corrected chi connectivity index (χ3v) is 3.71. The van der Waals surface area contributed by atoms with Crippen molar-refractivity contribution in [3.63, 3.8) is 0 Å². The van der Waals surface area contributed by atoms with Crippen LogP contribution in [-0.4, -0.2) is 37.1 Å². The van der Waals surface area contributed by atoms with Crippen LogP contribution in [-0.2, 0) is 4.74 Å². The molecule has 0 atom stereocenters. The molecule has 0 unspecified atom stereocenters. The molecule has 2 rings (SSSR count). The predicted octanol–water partition coefficient (Wildman–Crippen LogP) is 2.84. The molecule has 98 valence electrons. The number of hydrogen-bond acceptors (Lipinski definition) is 2. The van der Waals surface area contributed by atoms with E-state index < -0.39 is 5.82 Å². The van der Waals surface area contributed by atoms with E-state index >= 15 is 0 Å². The van der Waals surface area contributed by atoms with Gasteiger partial charge in [-0.1, -0.05) is 15.9 Å². The summed E-state index contributed by atoms with van der Waals surface area (Å²) in [5, 5.41) is 0. The average Bonchev–Trinajstić information content (AvgIpc) is 2.38. The van der Waals surface area contributed by atoms with Crippen molar-refractivity contribution >= 4 is 21.8 Å². The lowest BCUT2D eigenvalue weighted by Gasteiger charge is -2.31. The first-order valence-electron chi connectivity index (χ1n) is 5.89. The Labute approximate surface area is 114 Å². The number of halogens is 2. The van der Waals surface area contributed by atoms with Crippen molar-refractivity contribution in [2.24, 2.45) is 0 Å². The zero-order chi connectivity index (χ0) is 13.1. The Morgan fingerprint density at radius 3 is 2.72 bits per heavy atom. The summed E-state index contributed by atoms with van der Waals surface area (Å²) in [6, 6.07) is 4.63. The number of carbonyl (C=O) groups is 1. The van der Waals surface area contributed by atoms with E-state index in [2.05, 4.69) is 15.9 Å². The zero-order valence-electron chi connectivity index (χ0n) is 10.2. The molecule has 0 aliphatic carbocycles. The van der Waals surface area contributed by atoms with E-state index in [1.54, 1.807) is 18.0 Å². The normalized spacial score (nSPS) is 16.6. The Morgan fingerprint density at radius 1 is 1.44 bits per heavy atom. The highest BCUT2D eigenvalue weighted by Crippen LogP contribution is 2.20. The number of hydrogen-bond donors (Lipinski definition) is 0. The molecule has 5 heteroatoms. The summed E-state index contributed by atoms with van der Waals surface area (Å²) in [4.78, 5) is 13.8. The highest BCUT2D eigenvalue weighted by Gasteiger charge is 2.24. The highest BCUT2D eigenvalue weighted by molar-refractivity contribution is 9.10. The van der Waals surface area contributed by atoms with Gasteiger partial charge in [0.15, 0.2) is 0 Å². The summed E-state index contributed by atoms with van der Waals surface area (Å²) in [6.07, 6.45) is 1.61. The van der Waals surface area contributed by atoms with E-state index in [9.17, 15) is 9.18 Å². The first-order chi connectivity index (χ1) is 8.59. The van der Waals surface area contributed by atoms with Gasteiger partial charge < -0.3 is 9.64 Å². The van der Waals surface area contributed by atoms with Crippen LogP contribution in [0.3, 0.4) is 0 Å². The van der Waals surface area contributed by atoms with Crippen LogP contribution in [0.1, 0.15) is 23.2 Å². The molecule has 0 N–H and O–H groups in total. The molecule has 1 aromatic rings. The Bertz CT molecular complexity index is 447. The van der Waals surface area contributed by atoms with Crippen molar-refractivity contribution in [2.75, 3.05) is 20.3 Å². The molecule has 1 saturated heterocycles. The third-order valence-electron chi connectivity index (χ3n) is 3.22. The van der Waals surface area contributed by atoms with E-state index in [0.717, 1.165) is 12.8 Å². The fraction of sp³-hybridized carbons (Fsp3) is 0.462. The van der Waals surface area contributed by atoms with Gasteiger partial charge in [0.05, 0.1) is 5.56 Å². The van der Waals surface area contributed by atoms with Gasteiger partial charge in [-0.3, -0.25) is 4.79 Å². The Kier molecular flexibility index (Phi) is 4.35. The van der Waals surface area contributed by atoms with E-state index in [-0.39, 0.29) is 17.5 Å². The first kappa shape index (κ1) is 13.5. The molecule has 1 fully saturated rings. The number of ether oxygens (including phenoxy) is 1. The molecule has 1 aliphatic rings. The second kappa shape index (κ2) is 5.80. The number of benzene rings is 1. The quantitative estimate of drug-likeness (QED) is 0.840. The van der Waals surface area contributed by atoms with Crippen molar-refractivity contribution in [1.82, 2.24) is 4.90 Å². The van der Waals surface area contributed by atoms with Gasteiger partial charge in [0.1, 0.15) is 5.82 Å². The smallest absolute Gasteiger partial charge is 0.256 e. The lowest BCUT2D eigenvalue weighted by Crippen LogP contribution is -2.40. The minimum Gasteiger partial charge on any atom is -0.381 e. The van der Waals surface area contributed by atoms with Crippen molar-refractivity contribution in [3.05, 3.63) is 34.1 Å². The van der Waals surface area contributed by atoms with Crippen LogP contribution in [0.15, 0.2) is 22.7 Å². The molecule has 0 bridgehead atoms. The van der Waals surface area contributed by atoms with Gasteiger partial charge in [-0.15, -0.1) is 0 Å². The van der Waals surface area contributed by atoms with Crippen molar-refractivity contribution < 1.29 is 13.9 Å². The summed E-state index contributed by atoms with van der Waals surface area (Å²) in [7, 11) is 1.72. The minimum atomic E-state index is -0.492. The van der Waals surface area contributed by atoms with Crippen LogP contribution < -0.4 is 0 Å². The molecule has 1 aromatic carbocycles. The van der Waals surface area contributed by atoms with Gasteiger partial charge in [-0.05, 0) is 31.0 Å². The fourth-order valence-electron chi connectivity index (χ4n) is 2.09. The molecule has 1 aliphatic heterocycles. The van der Waals surface area contributed by atoms with Crippen LogP contribution >= 0.6 is 15.9 Å². The van der Waals surface area contributed by atoms with Gasteiger partial charge >= 0.3 is 0 Å². The van der Waals surface area contributed by atoms with Gasteiger partial charge in [0, 0.05) is 30.8 Å². The number of rotatable bonds is 2. The van der Waals surface area contributed by atoms with Gasteiger partial charge in [-0.25, -0.2) is 4.39 Å². The van der Waals surface area contributed by atoms with Crippen LogP contribution in [0.2, 0.25) is 0 Å². The second-order valence-electron chi connectivity index (χ2n) is 4.38. The molecule has 3 nitrogen and oxygen atoms in total. The molecule has 0 saturated carbocycles. The van der Waals surface area contributed by atoms with Crippen molar-refractivity contribution in [1.29, 1.82) is 0 Å². The molecule has 0 radical (unpaired) electrons. The van der Waals surface area contributed by atoms with Gasteiger partial charge in [-0.2, -0.15) is 0 Å². The fourth-order valence-corrected chi connectivity index (χ4v) is 2.42. The highest BCUT2D eigenvalue weighted by atomic mass is 79.9. The predicted molar refractivity (Wildman–Crippen MR) is 70.0 cm³/mol. The van der Waals surface area contributed by atoms with Crippen LogP contribution in [0, 0.1) is 5.82 Å². The van der Waals surface area contributed by atoms with Crippen molar-refractivity contribution in [2.45, 2.75) is 18.9 Å². The van der Waals surface area contributed by atoms with Gasteiger partial charge in [0.2, 0.25) is 0 Å². The second-order valence-corrected chi connectivity index (χ2v) is 5.30. The topological polar surface area (TPSA) is 29.5 Å². The summed E-state index contributed by atoms with van der Waals surface area (Å²) in [5.41, 5.74) is 0.118. The summed E-state index contributed by atoms with van der Waals surface area (Å²) in [6.45, 7) is 1.32. The molecule has 18 heavy (non-hydrogen) atoms. The van der Waals surface area contributed by atoms with Crippen LogP contribution in [0.4, 0.5) is 4.39 Å². The Balaban J connectivity index is 2.14. The van der Waals surface area contributed by atoms with Crippen molar-refractivity contribution in [3.8, 4) is 0 Å². The maximum absolute atomic E-state index is 13.7. The zero-order valence-corrected chi connectivity index (χ0v) is 11.7. The Morgan fingerprint density at radius 2 is 2.11 bits per heavy atom. The number of nitrogens with zero attached hydrogens (tertiary/aromatic N) is 1. The van der Waals surface area contributed by atoms with Crippen LogP contribution in [0.5, 0.6) is 0 Å². The van der Waals surface area contributed by atoms with E-state index in [1.807, 2.05) is 0 Å². The Hall–Kier alpha value is -0.940. The number of amides is 1. The van der Waals surface area contributed by atoms with E-state index in [1.165, 1.54) is 12.1 Å². The lowest BCUT2D eigenvalue weighted by atomic mass is 10.1.